The molecular weight excluding hydrogens is 258 g/mol. The maximum absolute atomic E-state index is 12.5. The van der Waals surface area contributed by atoms with Crippen LogP contribution in [-0.4, -0.2) is 19.3 Å². The first-order valence-corrected chi connectivity index (χ1v) is 7.65. The summed E-state index contributed by atoms with van der Waals surface area (Å²) in [6.45, 7) is 0.976. The number of sulfonamides is 1. The first-order chi connectivity index (χ1) is 9.18. The second-order valence-corrected chi connectivity index (χ2v) is 6.49. The van der Waals surface area contributed by atoms with E-state index < -0.39 is 10.0 Å². The number of fused-ring (bicyclic) bond motifs is 1. The van der Waals surface area contributed by atoms with Crippen LogP contribution in [0.4, 0.5) is 0 Å². The molecule has 1 heterocycles. The van der Waals surface area contributed by atoms with Gasteiger partial charge in [-0.25, -0.2) is 8.42 Å². The van der Waals surface area contributed by atoms with Crippen LogP contribution in [0, 0.1) is 6.07 Å². The van der Waals surface area contributed by atoms with Crippen molar-refractivity contribution in [2.24, 2.45) is 0 Å². The number of hydrogen-bond acceptors (Lipinski definition) is 2. The Morgan fingerprint density at radius 3 is 2.47 bits per heavy atom. The summed E-state index contributed by atoms with van der Waals surface area (Å²) in [5.74, 6) is 0. The lowest BCUT2D eigenvalue weighted by Gasteiger charge is -2.27. The fourth-order valence-corrected chi connectivity index (χ4v) is 3.74. The van der Waals surface area contributed by atoms with E-state index in [1.165, 1.54) is 9.87 Å². The molecule has 1 aliphatic rings. The van der Waals surface area contributed by atoms with Crippen LogP contribution in [-0.2, 0) is 23.0 Å². The van der Waals surface area contributed by atoms with Crippen LogP contribution in [0.25, 0.3) is 0 Å². The first kappa shape index (κ1) is 12.4. The predicted octanol–water partition coefficient (Wildman–Crippen LogP) is 2.23. The molecule has 0 bridgehead atoms. The Hall–Kier alpha value is -1.65. The molecular formula is C15H14NO2S. The molecule has 0 aromatic heterocycles. The molecule has 1 radical (unpaired) electrons. The molecule has 4 heteroatoms. The van der Waals surface area contributed by atoms with Crippen molar-refractivity contribution in [3.63, 3.8) is 0 Å². The number of benzene rings is 2. The minimum atomic E-state index is -3.43. The highest BCUT2D eigenvalue weighted by molar-refractivity contribution is 7.89. The normalized spacial score (nSPS) is 16.0. The van der Waals surface area contributed by atoms with E-state index in [2.05, 4.69) is 12.1 Å². The van der Waals surface area contributed by atoms with Gasteiger partial charge >= 0.3 is 0 Å². The van der Waals surface area contributed by atoms with Gasteiger partial charge in [-0.3, -0.25) is 0 Å². The van der Waals surface area contributed by atoms with Gasteiger partial charge in [0.15, 0.2) is 0 Å². The lowest BCUT2D eigenvalue weighted by atomic mass is 10.0. The Morgan fingerprint density at radius 1 is 1.00 bits per heavy atom. The van der Waals surface area contributed by atoms with Gasteiger partial charge in [0.25, 0.3) is 0 Å². The average molecular weight is 272 g/mol. The number of nitrogens with zero attached hydrogens (tertiary/aromatic N) is 1. The average Bonchev–Trinajstić information content (AvgIpc) is 2.47. The van der Waals surface area contributed by atoms with E-state index in [1.54, 1.807) is 24.3 Å². The van der Waals surface area contributed by atoms with Crippen molar-refractivity contribution >= 4 is 10.0 Å². The van der Waals surface area contributed by atoms with E-state index in [1.807, 2.05) is 18.2 Å². The summed E-state index contributed by atoms with van der Waals surface area (Å²) in [5.41, 5.74) is 2.33. The molecule has 3 rings (SSSR count). The van der Waals surface area contributed by atoms with Crippen molar-refractivity contribution in [1.82, 2.24) is 4.31 Å². The first-order valence-electron chi connectivity index (χ1n) is 6.21. The van der Waals surface area contributed by atoms with Gasteiger partial charge in [-0.2, -0.15) is 4.31 Å². The molecule has 0 N–H and O–H groups in total. The minimum Gasteiger partial charge on any atom is -0.207 e. The summed E-state index contributed by atoms with van der Waals surface area (Å²) in [7, 11) is -3.43. The molecule has 0 unspecified atom stereocenters. The molecule has 0 fully saturated rings. The van der Waals surface area contributed by atoms with E-state index >= 15 is 0 Å². The maximum Gasteiger partial charge on any atom is 0.244 e. The van der Waals surface area contributed by atoms with Gasteiger partial charge in [0.05, 0.1) is 4.90 Å². The van der Waals surface area contributed by atoms with Crippen LogP contribution in [0.5, 0.6) is 0 Å². The minimum absolute atomic E-state index is 0.245. The van der Waals surface area contributed by atoms with Crippen LogP contribution in [0.2, 0.25) is 0 Å². The van der Waals surface area contributed by atoms with Crippen molar-refractivity contribution in [2.75, 3.05) is 6.54 Å². The molecule has 0 amide bonds. The highest BCUT2D eigenvalue weighted by Gasteiger charge is 2.27. The van der Waals surface area contributed by atoms with Crippen LogP contribution in [0.15, 0.2) is 53.4 Å². The molecule has 97 valence electrons. The summed E-state index contributed by atoms with van der Waals surface area (Å²) in [6.07, 6.45) is 0.766. The lowest BCUT2D eigenvalue weighted by Crippen LogP contribution is -2.35. The molecule has 3 nitrogen and oxygen atoms in total. The predicted molar refractivity (Wildman–Crippen MR) is 73.0 cm³/mol. The van der Waals surface area contributed by atoms with Gasteiger partial charge in [0.1, 0.15) is 0 Å². The van der Waals surface area contributed by atoms with Gasteiger partial charge in [-0.05, 0) is 23.6 Å². The summed E-state index contributed by atoms with van der Waals surface area (Å²) in [5, 5.41) is 0. The van der Waals surface area contributed by atoms with E-state index in [0.29, 0.717) is 13.1 Å². The Bertz CT molecular complexity index is 680. The van der Waals surface area contributed by atoms with Gasteiger partial charge in [0.2, 0.25) is 10.0 Å². The summed E-state index contributed by atoms with van der Waals surface area (Å²) < 4.78 is 26.5. The van der Waals surface area contributed by atoms with Gasteiger partial charge in [-0.1, -0.05) is 42.5 Å². The van der Waals surface area contributed by atoms with Crippen LogP contribution < -0.4 is 0 Å². The third-order valence-corrected chi connectivity index (χ3v) is 5.20. The zero-order chi connectivity index (χ0) is 13.3. The molecule has 0 saturated carbocycles. The second-order valence-electron chi connectivity index (χ2n) is 4.58. The Labute approximate surface area is 113 Å². The van der Waals surface area contributed by atoms with Crippen LogP contribution in [0.3, 0.4) is 0 Å². The molecule has 0 aliphatic carbocycles. The Kier molecular flexibility index (Phi) is 3.12. The van der Waals surface area contributed by atoms with Crippen LogP contribution >= 0.6 is 0 Å². The van der Waals surface area contributed by atoms with Crippen molar-refractivity contribution < 1.29 is 8.42 Å². The van der Waals surface area contributed by atoms with E-state index in [0.717, 1.165) is 12.0 Å². The topological polar surface area (TPSA) is 37.4 Å². The molecule has 19 heavy (non-hydrogen) atoms. The summed E-state index contributed by atoms with van der Waals surface area (Å²) in [6, 6.07) is 17.5. The second kappa shape index (κ2) is 4.79. The highest BCUT2D eigenvalue weighted by atomic mass is 32.2. The van der Waals surface area contributed by atoms with E-state index in [-0.39, 0.29) is 4.90 Å². The van der Waals surface area contributed by atoms with E-state index in [4.69, 9.17) is 0 Å². The highest BCUT2D eigenvalue weighted by Crippen LogP contribution is 2.24. The standard InChI is InChI=1S/C15H14NO2S/c17-19(18,15-8-2-1-3-9-15)16-11-10-13-6-4-5-7-14(13)12-16/h1-8H,10-12H2. The fraction of sp³-hybridized carbons (Fsp3) is 0.200. The maximum atomic E-state index is 12.5. The SMILES string of the molecule is O=S(=O)(c1[c]cccc1)N1CCc2ccccc2C1. The number of rotatable bonds is 2. The molecule has 0 spiro atoms. The monoisotopic (exact) mass is 272 g/mol. The van der Waals surface area contributed by atoms with Gasteiger partial charge < -0.3 is 0 Å². The zero-order valence-corrected chi connectivity index (χ0v) is 11.2. The summed E-state index contributed by atoms with van der Waals surface area (Å²) >= 11 is 0. The molecule has 0 atom stereocenters. The van der Waals surface area contributed by atoms with E-state index in [9.17, 15) is 8.42 Å². The molecule has 1 aliphatic heterocycles. The smallest absolute Gasteiger partial charge is 0.207 e. The summed E-state index contributed by atoms with van der Waals surface area (Å²) in [4.78, 5) is 0.245. The third kappa shape index (κ3) is 2.29. The number of hydrogen-bond donors (Lipinski definition) is 0. The van der Waals surface area contributed by atoms with Crippen molar-refractivity contribution in [2.45, 2.75) is 17.9 Å². The Balaban J connectivity index is 1.93. The van der Waals surface area contributed by atoms with Crippen molar-refractivity contribution in [1.29, 1.82) is 0 Å². The van der Waals surface area contributed by atoms with Crippen LogP contribution in [0.1, 0.15) is 11.1 Å². The van der Waals surface area contributed by atoms with Crippen molar-refractivity contribution in [3.05, 3.63) is 65.7 Å². The lowest BCUT2D eigenvalue weighted by molar-refractivity contribution is 0.391. The molecule has 2 aromatic carbocycles. The van der Waals surface area contributed by atoms with Crippen molar-refractivity contribution in [3.8, 4) is 0 Å². The van der Waals surface area contributed by atoms with Gasteiger partial charge in [0, 0.05) is 19.2 Å². The third-order valence-electron chi connectivity index (χ3n) is 3.39. The molecule has 0 saturated heterocycles. The molecule has 2 aromatic rings. The fourth-order valence-electron chi connectivity index (χ4n) is 2.35. The quantitative estimate of drug-likeness (QED) is 0.840. The Morgan fingerprint density at radius 2 is 1.74 bits per heavy atom. The zero-order valence-electron chi connectivity index (χ0n) is 10.4. The van der Waals surface area contributed by atoms with Gasteiger partial charge in [-0.15, -0.1) is 0 Å². The largest absolute Gasteiger partial charge is 0.244 e.